The first-order valence-electron chi connectivity index (χ1n) is 30.4. The Kier molecular flexibility index (Phi) is 19.9. The van der Waals surface area contributed by atoms with Crippen LogP contribution >= 0.6 is 0 Å². The zero-order valence-corrected chi connectivity index (χ0v) is 51.6. The van der Waals surface area contributed by atoms with Crippen LogP contribution in [0.15, 0.2) is 112 Å². The Morgan fingerprint density at radius 3 is 1.53 bits per heavy atom. The van der Waals surface area contributed by atoms with Crippen LogP contribution in [-0.4, -0.2) is 148 Å². The number of likely N-dealkylation sites (tertiary alicyclic amines) is 2. The third-order valence-corrected chi connectivity index (χ3v) is 16.3. The first-order valence-corrected chi connectivity index (χ1v) is 30.4. The number of aromatic nitrogens is 8. The largest absolute Gasteiger partial charge is 0.486 e. The normalized spacial score (nSPS) is 18.4. The van der Waals surface area contributed by atoms with E-state index in [2.05, 4.69) is 60.0 Å². The third kappa shape index (κ3) is 15.6. The van der Waals surface area contributed by atoms with Crippen molar-refractivity contribution in [1.82, 2.24) is 58.6 Å². The summed E-state index contributed by atoms with van der Waals surface area (Å²) in [7, 11) is 0. The highest BCUT2D eigenvalue weighted by Gasteiger charge is 2.35. The molecule has 2 saturated heterocycles. The number of ether oxygens (including phenoxy) is 5. The molecule has 2 fully saturated rings. The highest BCUT2D eigenvalue weighted by Crippen LogP contribution is 2.33. The molecule has 4 unspecified atom stereocenters. The second kappa shape index (κ2) is 28.0. The van der Waals surface area contributed by atoms with Crippen molar-refractivity contribution in [2.45, 2.75) is 144 Å². The molecule has 0 spiro atoms. The molecule has 0 bridgehead atoms. The zero-order chi connectivity index (χ0) is 62.1. The maximum atomic E-state index is 13.4. The Morgan fingerprint density at radius 1 is 0.591 bits per heavy atom. The third-order valence-electron chi connectivity index (χ3n) is 16.3. The quantitative estimate of drug-likeness (QED) is 0.103. The molecule has 1 amide bonds. The molecule has 22 nitrogen and oxygen atoms in total. The van der Waals surface area contributed by atoms with Gasteiger partial charge in [-0.15, -0.1) is 0 Å². The number of fused-ring (bicyclic) bond motifs is 5. The van der Waals surface area contributed by atoms with Gasteiger partial charge in [-0.3, -0.25) is 58.6 Å². The highest BCUT2D eigenvalue weighted by atomic mass is 16.6. The van der Waals surface area contributed by atoms with Crippen LogP contribution in [0.2, 0.25) is 0 Å². The molecule has 8 aromatic heterocycles. The molecule has 22 heteroatoms. The summed E-state index contributed by atoms with van der Waals surface area (Å²) < 4.78 is 33.5. The monoisotopic (exact) mass is 1200 g/mol. The van der Waals surface area contributed by atoms with Crippen LogP contribution in [0.3, 0.4) is 0 Å². The van der Waals surface area contributed by atoms with Crippen LogP contribution in [0.4, 0.5) is 4.79 Å². The topological polar surface area (TPSA) is 232 Å². The molecule has 0 saturated carbocycles. The van der Waals surface area contributed by atoms with E-state index >= 15 is 0 Å². The molecule has 4 atom stereocenters. The van der Waals surface area contributed by atoms with Crippen LogP contribution in [0.5, 0.6) is 23.0 Å². The number of amides is 1. The van der Waals surface area contributed by atoms with Crippen molar-refractivity contribution in [3.05, 3.63) is 157 Å². The van der Waals surface area contributed by atoms with Crippen LogP contribution in [-0.2, 0) is 42.3 Å². The van der Waals surface area contributed by atoms with Gasteiger partial charge in [0, 0.05) is 112 Å². The van der Waals surface area contributed by atoms with Crippen molar-refractivity contribution in [3.8, 4) is 23.0 Å². The number of carbonyl (C=O) groups excluding carboxylic acids is 2. The summed E-state index contributed by atoms with van der Waals surface area (Å²) in [6, 6.07) is 20.7. The molecule has 12 rings (SSSR count). The van der Waals surface area contributed by atoms with Crippen molar-refractivity contribution in [3.63, 3.8) is 0 Å². The Labute approximate surface area is 511 Å². The van der Waals surface area contributed by atoms with E-state index < -0.39 is 5.60 Å². The van der Waals surface area contributed by atoms with E-state index in [0.717, 1.165) is 119 Å². The van der Waals surface area contributed by atoms with Gasteiger partial charge >= 0.3 is 6.09 Å². The summed E-state index contributed by atoms with van der Waals surface area (Å²) in [6.45, 7) is 23.9. The number of hydrogen-bond donors (Lipinski definition) is 1. The smallest absolute Gasteiger partial charge is 0.410 e. The number of nitrogens with zero attached hydrogens (tertiary/aromatic N) is 11. The van der Waals surface area contributed by atoms with E-state index in [0.29, 0.717) is 88.0 Å². The number of rotatable bonds is 14. The predicted octanol–water partition coefficient (Wildman–Crippen LogP) is 7.58. The average molecular weight is 1200 g/mol. The van der Waals surface area contributed by atoms with Gasteiger partial charge in [-0.05, 0) is 141 Å². The van der Waals surface area contributed by atoms with Crippen molar-refractivity contribution in [2.75, 3.05) is 52.6 Å². The van der Waals surface area contributed by atoms with E-state index in [4.69, 9.17) is 23.7 Å². The summed E-state index contributed by atoms with van der Waals surface area (Å²) in [4.78, 5) is 89.5. The van der Waals surface area contributed by atoms with Crippen molar-refractivity contribution >= 4 is 45.5 Å². The lowest BCUT2D eigenvalue weighted by atomic mass is 9.96. The van der Waals surface area contributed by atoms with Gasteiger partial charge in [-0.25, -0.2) is 4.79 Å². The summed E-state index contributed by atoms with van der Waals surface area (Å²) in [6.07, 6.45) is 12.9. The van der Waals surface area contributed by atoms with Gasteiger partial charge < -0.3 is 42.9 Å². The fourth-order valence-corrected chi connectivity index (χ4v) is 11.8. The number of hydrogen-bond acceptors (Lipinski definition) is 18. The summed E-state index contributed by atoms with van der Waals surface area (Å²) in [5, 5.41) is 3.66. The lowest BCUT2D eigenvalue weighted by Gasteiger charge is -2.42. The first-order chi connectivity index (χ1) is 42.4. The standard InChI is InChI=1S/C30H39N5O5.C25H31N5O3.C11H10N2O2/c1-20-14-25-24(32-17-20)6-7-28(36)34(25)11-10-33-9-8-23(15-21(33)2)35(29(37)40-30(3,4)5)19-22-16-26-27(18-31-22)39-13-12-38-26;1-17-11-22-21(28-14-17)3-4-25(31)30(22)8-7-29-6-5-19(12-18(29)2)26-15-20-13-23-24(16-27-20)33-10-9-32-23;1-8-6-10-9(12-7-8)2-3-11(15)13(10)4-5-14/h6-7,14,16-18,21,23H,8-13,15,19H2,1-5H3;3-4,11,13-14,16,18-19,26H,5-10,12,15H2,1-2H3;2-3,5-7H,4H2,1H3. The molecular formula is C66H80N12O10. The van der Waals surface area contributed by atoms with Gasteiger partial charge in [0.05, 0.1) is 70.0 Å². The minimum Gasteiger partial charge on any atom is -0.486 e. The van der Waals surface area contributed by atoms with Gasteiger partial charge in [-0.2, -0.15) is 0 Å². The summed E-state index contributed by atoms with van der Waals surface area (Å²) >= 11 is 0. The summed E-state index contributed by atoms with van der Waals surface area (Å²) in [5.41, 5.74) is 8.85. The molecule has 0 radical (unpaired) electrons. The number of nitrogens with one attached hydrogen (secondary N) is 1. The molecule has 0 aromatic carbocycles. The van der Waals surface area contributed by atoms with Crippen LogP contribution in [0, 0.1) is 20.8 Å². The van der Waals surface area contributed by atoms with Crippen LogP contribution in [0.1, 0.15) is 88.4 Å². The average Bonchev–Trinajstić information content (AvgIpc) is 2.11. The number of aldehydes is 1. The van der Waals surface area contributed by atoms with Crippen molar-refractivity contribution in [1.29, 1.82) is 0 Å². The Morgan fingerprint density at radius 2 is 1.05 bits per heavy atom. The predicted molar refractivity (Wildman–Crippen MR) is 335 cm³/mol. The van der Waals surface area contributed by atoms with Crippen LogP contribution < -0.4 is 40.9 Å². The molecular weight excluding hydrogens is 1120 g/mol. The van der Waals surface area contributed by atoms with E-state index in [-0.39, 0.29) is 41.4 Å². The molecule has 464 valence electrons. The van der Waals surface area contributed by atoms with Gasteiger partial charge in [0.25, 0.3) is 16.7 Å². The number of carbonyl (C=O) groups is 2. The molecule has 0 aliphatic carbocycles. The minimum atomic E-state index is -0.610. The molecule has 12 heterocycles. The summed E-state index contributed by atoms with van der Waals surface area (Å²) in [5.74, 6) is 2.78. The van der Waals surface area contributed by atoms with Crippen LogP contribution in [0.25, 0.3) is 33.1 Å². The second-order valence-corrected chi connectivity index (χ2v) is 24.1. The highest BCUT2D eigenvalue weighted by molar-refractivity contribution is 5.77. The Bertz CT molecular complexity index is 3980. The zero-order valence-electron chi connectivity index (χ0n) is 51.6. The lowest BCUT2D eigenvalue weighted by molar-refractivity contribution is -0.108. The van der Waals surface area contributed by atoms with Gasteiger partial charge in [0.2, 0.25) is 0 Å². The molecule has 8 aromatic rings. The fourth-order valence-electron chi connectivity index (χ4n) is 11.8. The van der Waals surface area contributed by atoms with Gasteiger partial charge in [-0.1, -0.05) is 0 Å². The molecule has 1 N–H and O–H groups in total. The van der Waals surface area contributed by atoms with E-state index in [9.17, 15) is 24.0 Å². The Balaban J connectivity index is 0.000000159. The number of pyridine rings is 8. The van der Waals surface area contributed by atoms with Gasteiger partial charge in [0.15, 0.2) is 23.0 Å². The number of piperidine rings is 2. The van der Waals surface area contributed by atoms with E-state index in [1.807, 2.05) is 93.4 Å². The lowest BCUT2D eigenvalue weighted by Crippen LogP contribution is -2.52. The minimum absolute atomic E-state index is 0.0109. The van der Waals surface area contributed by atoms with Crippen molar-refractivity contribution in [2.24, 2.45) is 0 Å². The van der Waals surface area contributed by atoms with E-state index in [1.165, 1.54) is 10.6 Å². The first kappa shape index (κ1) is 62.5. The fraction of sp³-hybridized carbons (Fsp3) is 0.455. The number of aryl methyl sites for hydroxylation is 3. The maximum Gasteiger partial charge on any atom is 0.410 e. The van der Waals surface area contributed by atoms with Gasteiger partial charge in [0.1, 0.15) is 38.3 Å². The molecule has 88 heavy (non-hydrogen) atoms. The second-order valence-electron chi connectivity index (χ2n) is 24.1. The Hall–Kier alpha value is -8.60. The van der Waals surface area contributed by atoms with Crippen molar-refractivity contribution < 1.29 is 33.3 Å². The molecule has 4 aliphatic heterocycles. The maximum absolute atomic E-state index is 13.4. The SMILES string of the molecule is Cc1cnc2ccc(=O)n(CC=O)c2c1.Cc1cnc2ccc(=O)n(CCN3CCC(N(Cc4cc5c(cn4)OCCO5)C(=O)OC(C)(C)C)CC3C)c2c1.Cc1cnc2ccc(=O)n(CCN3CCC(NCc4cc5c(cn4)OCCO5)CC3C)c2c1. The van der Waals surface area contributed by atoms with E-state index in [1.54, 1.807) is 47.8 Å². The molecule has 4 aliphatic rings.